The molecule has 1 heterocycles. The van der Waals surface area contributed by atoms with Crippen molar-refractivity contribution in [2.45, 2.75) is 51.6 Å². The third-order valence-electron chi connectivity index (χ3n) is 4.67. The van der Waals surface area contributed by atoms with Gasteiger partial charge in [0, 0.05) is 13.6 Å². The van der Waals surface area contributed by atoms with Crippen LogP contribution < -0.4 is 9.62 Å². The lowest BCUT2D eigenvalue weighted by Crippen LogP contribution is -2.23. The molecule has 1 aromatic carbocycles. The smallest absolute Gasteiger partial charge is 0.478 e. The lowest BCUT2D eigenvalue weighted by atomic mass is 10.1. The predicted molar refractivity (Wildman–Crippen MR) is 125 cm³/mol. The molecule has 0 amide bonds. The highest BCUT2D eigenvalue weighted by Gasteiger charge is 2.38. The summed E-state index contributed by atoms with van der Waals surface area (Å²) in [7, 11) is -2.11. The fraction of sp³-hybridized carbons (Fsp3) is 0.409. The maximum absolute atomic E-state index is 12.9. The number of hydrogen-bond donors (Lipinski definition) is 3. The van der Waals surface area contributed by atoms with Crippen molar-refractivity contribution in [2.24, 2.45) is 0 Å². The summed E-state index contributed by atoms with van der Waals surface area (Å²) in [4.78, 5) is 26.8. The lowest BCUT2D eigenvalue weighted by molar-refractivity contribution is -0.192. The molecular formula is C22H28F3N3O6S. The van der Waals surface area contributed by atoms with Gasteiger partial charge in [0.2, 0.25) is 0 Å². The number of nitrogens with one attached hydrogen (secondary N) is 1. The number of carboxylic acids is 2. The molecular weight excluding hydrogens is 491 g/mol. The van der Waals surface area contributed by atoms with Crippen LogP contribution in [0.1, 0.15) is 46.8 Å². The van der Waals surface area contributed by atoms with Gasteiger partial charge in [-0.15, -0.1) is 0 Å². The van der Waals surface area contributed by atoms with Crippen molar-refractivity contribution in [1.29, 1.82) is 0 Å². The first-order valence-corrected chi connectivity index (χ1v) is 11.8. The van der Waals surface area contributed by atoms with Crippen molar-refractivity contribution in [3.63, 3.8) is 0 Å². The number of aryl methyl sites for hydroxylation is 3. The van der Waals surface area contributed by atoms with E-state index in [1.165, 1.54) is 12.3 Å². The molecule has 0 saturated carbocycles. The van der Waals surface area contributed by atoms with E-state index < -0.39 is 28.1 Å². The first-order chi connectivity index (χ1) is 16.0. The quantitative estimate of drug-likeness (QED) is 0.468. The largest absolute Gasteiger partial charge is 0.490 e. The lowest BCUT2D eigenvalue weighted by Gasteiger charge is -2.20. The van der Waals surface area contributed by atoms with Crippen LogP contribution in [0.3, 0.4) is 0 Å². The zero-order chi connectivity index (χ0) is 27.1. The number of unbranched alkanes of at least 4 members (excludes halogenated alkanes) is 1. The minimum absolute atomic E-state index is 0.0452. The van der Waals surface area contributed by atoms with Crippen LogP contribution in [0.5, 0.6) is 0 Å². The Morgan fingerprint density at radius 3 is 2.03 bits per heavy atom. The number of rotatable bonds is 8. The first-order valence-electron chi connectivity index (χ1n) is 10.4. The third-order valence-corrected chi connectivity index (χ3v) is 6.36. The Bertz CT molecular complexity index is 1160. The van der Waals surface area contributed by atoms with Crippen molar-refractivity contribution in [1.82, 2.24) is 4.98 Å². The number of halogens is 3. The van der Waals surface area contributed by atoms with E-state index >= 15 is 0 Å². The number of aliphatic carboxylic acids is 1. The highest BCUT2D eigenvalue weighted by Crippen LogP contribution is 2.26. The summed E-state index contributed by atoms with van der Waals surface area (Å²) in [6.07, 6.45) is -1.86. The zero-order valence-corrected chi connectivity index (χ0v) is 20.7. The number of sulfonamides is 1. The fourth-order valence-electron chi connectivity index (χ4n) is 3.27. The van der Waals surface area contributed by atoms with Crippen molar-refractivity contribution < 1.29 is 41.4 Å². The van der Waals surface area contributed by atoms with E-state index in [-0.39, 0.29) is 16.1 Å². The van der Waals surface area contributed by atoms with Crippen LogP contribution in [-0.4, -0.2) is 55.3 Å². The Morgan fingerprint density at radius 2 is 1.60 bits per heavy atom. The summed E-state index contributed by atoms with van der Waals surface area (Å²) in [5.74, 6) is -3.60. The Balaban J connectivity index is 0.000000762. The Hall–Kier alpha value is -3.35. The van der Waals surface area contributed by atoms with E-state index in [0.717, 1.165) is 18.4 Å². The van der Waals surface area contributed by atoms with Gasteiger partial charge < -0.3 is 15.1 Å². The zero-order valence-electron chi connectivity index (χ0n) is 19.9. The molecule has 35 heavy (non-hydrogen) atoms. The van der Waals surface area contributed by atoms with Crippen LogP contribution in [0.2, 0.25) is 0 Å². The molecule has 0 bridgehead atoms. The summed E-state index contributed by atoms with van der Waals surface area (Å²) in [5, 5.41) is 16.7. The highest BCUT2D eigenvalue weighted by molar-refractivity contribution is 7.92. The summed E-state index contributed by atoms with van der Waals surface area (Å²) < 4.78 is 60.0. The number of aromatic nitrogens is 1. The number of hydrogen-bond acceptors (Lipinski definition) is 6. The van der Waals surface area contributed by atoms with E-state index in [0.29, 0.717) is 23.5 Å². The maximum Gasteiger partial charge on any atom is 0.490 e. The standard InChI is InChI=1S/C20H27N3O4S.C2HF3O2/c1-6-7-8-23(5)19-17(20(24)25)11-16(12-21-19)22-28(26,27)18-14(3)9-13(2)10-15(18)4;3-2(4,5)1(6)7/h9-12,22H,6-8H2,1-5H3,(H,24,25);(H,6,7). The summed E-state index contributed by atoms with van der Waals surface area (Å²) in [6.45, 7) is 8.09. The number of carboxylic acid groups (broad SMARTS) is 2. The third kappa shape index (κ3) is 8.42. The van der Waals surface area contributed by atoms with E-state index in [1.54, 1.807) is 37.9 Å². The molecule has 194 valence electrons. The van der Waals surface area contributed by atoms with E-state index in [2.05, 4.69) is 9.71 Å². The minimum Gasteiger partial charge on any atom is -0.478 e. The van der Waals surface area contributed by atoms with Gasteiger partial charge in [0.15, 0.2) is 0 Å². The summed E-state index contributed by atoms with van der Waals surface area (Å²) in [6, 6.07) is 4.91. The fourth-order valence-corrected chi connectivity index (χ4v) is 4.76. The Morgan fingerprint density at radius 1 is 1.09 bits per heavy atom. The first kappa shape index (κ1) is 29.7. The molecule has 9 nitrogen and oxygen atoms in total. The minimum atomic E-state index is -5.08. The van der Waals surface area contributed by atoms with Crippen LogP contribution in [0.25, 0.3) is 0 Å². The Labute approximate surface area is 201 Å². The second-order valence-electron chi connectivity index (χ2n) is 7.81. The topological polar surface area (TPSA) is 137 Å². The van der Waals surface area contributed by atoms with Crippen LogP contribution in [0.15, 0.2) is 29.3 Å². The number of anilines is 2. The highest BCUT2D eigenvalue weighted by atomic mass is 32.2. The maximum atomic E-state index is 12.9. The average Bonchev–Trinajstić information content (AvgIpc) is 2.70. The number of carbonyl (C=O) groups is 2. The molecule has 1 aromatic heterocycles. The van der Waals surface area contributed by atoms with Crippen LogP contribution in [0, 0.1) is 20.8 Å². The molecule has 0 spiro atoms. The van der Waals surface area contributed by atoms with Gasteiger partial charge in [-0.05, 0) is 44.4 Å². The second kappa shape index (κ2) is 11.9. The van der Waals surface area contributed by atoms with Gasteiger partial charge >= 0.3 is 18.1 Å². The molecule has 0 saturated heterocycles. The molecule has 0 atom stereocenters. The van der Waals surface area contributed by atoms with Crippen molar-refractivity contribution in [3.05, 3.63) is 46.6 Å². The van der Waals surface area contributed by atoms with Gasteiger partial charge in [-0.3, -0.25) is 4.72 Å². The molecule has 0 aliphatic heterocycles. The van der Waals surface area contributed by atoms with Crippen LogP contribution in [-0.2, 0) is 14.8 Å². The van der Waals surface area contributed by atoms with E-state index in [4.69, 9.17) is 9.90 Å². The van der Waals surface area contributed by atoms with Gasteiger partial charge in [0.1, 0.15) is 11.4 Å². The SMILES string of the molecule is CCCCN(C)c1ncc(NS(=O)(=O)c2c(C)cc(C)cc2C)cc1C(=O)O.O=C(O)C(F)(F)F. The Kier molecular flexibility index (Phi) is 10.1. The predicted octanol–water partition coefficient (Wildman–Crippen LogP) is 4.38. The number of nitrogens with zero attached hydrogens (tertiary/aromatic N) is 2. The molecule has 3 N–H and O–H groups in total. The second-order valence-corrected chi connectivity index (χ2v) is 9.43. The number of alkyl halides is 3. The number of pyridine rings is 1. The van der Waals surface area contributed by atoms with E-state index in [9.17, 15) is 31.5 Å². The monoisotopic (exact) mass is 519 g/mol. The molecule has 0 aliphatic rings. The van der Waals surface area contributed by atoms with Crippen molar-refractivity contribution in [3.8, 4) is 0 Å². The molecule has 0 unspecified atom stereocenters. The van der Waals surface area contributed by atoms with Gasteiger partial charge in [-0.1, -0.05) is 31.0 Å². The van der Waals surface area contributed by atoms with E-state index in [1.807, 2.05) is 13.8 Å². The molecule has 0 radical (unpaired) electrons. The van der Waals surface area contributed by atoms with Crippen molar-refractivity contribution in [2.75, 3.05) is 23.2 Å². The van der Waals surface area contributed by atoms with Gasteiger partial charge in [-0.25, -0.2) is 23.0 Å². The molecule has 2 aromatic rings. The molecule has 2 rings (SSSR count). The number of aromatic carboxylic acids is 1. The van der Waals surface area contributed by atoms with Crippen LogP contribution in [0.4, 0.5) is 24.7 Å². The van der Waals surface area contributed by atoms with Gasteiger partial charge in [-0.2, -0.15) is 13.2 Å². The summed E-state index contributed by atoms with van der Waals surface area (Å²) >= 11 is 0. The normalized spacial score (nSPS) is 11.3. The molecule has 13 heteroatoms. The molecule has 0 fully saturated rings. The summed E-state index contributed by atoms with van der Waals surface area (Å²) in [5.41, 5.74) is 2.31. The molecule has 0 aliphatic carbocycles. The average molecular weight is 520 g/mol. The van der Waals surface area contributed by atoms with Gasteiger partial charge in [0.05, 0.1) is 16.8 Å². The van der Waals surface area contributed by atoms with Gasteiger partial charge in [0.25, 0.3) is 10.0 Å². The number of benzene rings is 1. The van der Waals surface area contributed by atoms with Crippen molar-refractivity contribution >= 4 is 33.5 Å². The van der Waals surface area contributed by atoms with Crippen LogP contribution >= 0.6 is 0 Å².